The van der Waals surface area contributed by atoms with Crippen LogP contribution >= 0.6 is 11.3 Å². The molecule has 1 aromatic heterocycles. The summed E-state index contributed by atoms with van der Waals surface area (Å²) in [6, 6.07) is 5.58. The van der Waals surface area contributed by atoms with Crippen LogP contribution in [0.15, 0.2) is 29.0 Å². The van der Waals surface area contributed by atoms with E-state index >= 15 is 0 Å². The van der Waals surface area contributed by atoms with Gasteiger partial charge >= 0.3 is 0 Å². The van der Waals surface area contributed by atoms with Crippen molar-refractivity contribution in [3.8, 4) is 17.2 Å². The number of hydrogen-bond acceptors (Lipinski definition) is 5. The minimum Gasteiger partial charge on any atom is -0.496 e. The first-order valence-corrected chi connectivity index (χ1v) is 7.63. The van der Waals surface area contributed by atoms with Crippen molar-refractivity contribution < 1.29 is 19.3 Å². The van der Waals surface area contributed by atoms with E-state index < -0.39 is 6.10 Å². The number of aryl methyl sites for hydroxylation is 1. The van der Waals surface area contributed by atoms with Crippen molar-refractivity contribution in [3.05, 3.63) is 40.1 Å². The molecule has 0 aliphatic rings. The Morgan fingerprint density at radius 3 is 2.24 bits per heavy atom. The molecule has 1 N–H and O–H groups in total. The minimum atomic E-state index is -0.652. The predicted molar refractivity (Wildman–Crippen MR) is 83.7 cm³/mol. The molecule has 21 heavy (non-hydrogen) atoms. The maximum absolute atomic E-state index is 10.5. The van der Waals surface area contributed by atoms with Gasteiger partial charge in [0.1, 0.15) is 17.2 Å². The summed E-state index contributed by atoms with van der Waals surface area (Å²) in [6.07, 6.45) is 0.763. The van der Waals surface area contributed by atoms with Crippen LogP contribution in [0.4, 0.5) is 0 Å². The van der Waals surface area contributed by atoms with E-state index in [9.17, 15) is 5.11 Å². The number of methoxy groups -OCH3 is 3. The Morgan fingerprint density at radius 2 is 1.76 bits per heavy atom. The highest BCUT2D eigenvalue weighted by atomic mass is 32.1. The number of aliphatic hydroxyl groups is 1. The second-order valence-corrected chi connectivity index (χ2v) is 5.41. The summed E-state index contributed by atoms with van der Waals surface area (Å²) in [5, 5.41) is 14.6. The van der Waals surface area contributed by atoms with Gasteiger partial charge in [-0.15, -0.1) is 0 Å². The zero-order valence-corrected chi connectivity index (χ0v) is 13.3. The summed E-state index contributed by atoms with van der Waals surface area (Å²) in [7, 11) is 4.73. The number of hydrogen-bond donors (Lipinski definition) is 1. The molecule has 0 bridgehead atoms. The lowest BCUT2D eigenvalue weighted by Crippen LogP contribution is -2.05. The molecule has 2 aromatic rings. The first-order valence-electron chi connectivity index (χ1n) is 6.68. The molecule has 0 aliphatic carbocycles. The van der Waals surface area contributed by atoms with E-state index in [2.05, 4.69) is 11.4 Å². The fraction of sp³-hybridized carbons (Fsp3) is 0.375. The van der Waals surface area contributed by atoms with Crippen molar-refractivity contribution in [3.63, 3.8) is 0 Å². The van der Waals surface area contributed by atoms with E-state index in [1.165, 1.54) is 5.56 Å². The first-order chi connectivity index (χ1) is 10.2. The zero-order chi connectivity index (χ0) is 15.2. The summed E-state index contributed by atoms with van der Waals surface area (Å²) < 4.78 is 16.0. The number of ether oxygens (including phenoxy) is 3. The van der Waals surface area contributed by atoms with Gasteiger partial charge in [-0.1, -0.05) is 0 Å². The molecule has 0 saturated heterocycles. The molecular weight excluding hydrogens is 288 g/mol. The van der Waals surface area contributed by atoms with Crippen molar-refractivity contribution in [1.29, 1.82) is 0 Å². The van der Waals surface area contributed by atoms with Crippen LogP contribution in [0.2, 0.25) is 0 Å². The molecule has 1 heterocycles. The molecule has 0 radical (unpaired) electrons. The van der Waals surface area contributed by atoms with Crippen LogP contribution < -0.4 is 14.2 Å². The molecule has 0 spiro atoms. The van der Waals surface area contributed by atoms with Gasteiger partial charge in [-0.05, 0) is 35.2 Å². The molecule has 1 atom stereocenters. The molecule has 4 nitrogen and oxygen atoms in total. The van der Waals surface area contributed by atoms with Gasteiger partial charge < -0.3 is 19.3 Å². The zero-order valence-electron chi connectivity index (χ0n) is 12.5. The lowest BCUT2D eigenvalue weighted by molar-refractivity contribution is 0.159. The van der Waals surface area contributed by atoms with Crippen LogP contribution in [0, 0.1) is 0 Å². The average Bonchev–Trinajstić information content (AvgIpc) is 3.04. The standard InChI is InChI=1S/C16H20O4S/c1-18-12-8-14(19-2)16(15(9-12)20-3)13(17)5-4-11-6-7-21-10-11/h6-10,13,17H,4-5H2,1-3H3. The third kappa shape index (κ3) is 3.68. The molecule has 0 aliphatic heterocycles. The van der Waals surface area contributed by atoms with Crippen molar-refractivity contribution in [2.45, 2.75) is 18.9 Å². The molecule has 114 valence electrons. The Labute approximate surface area is 128 Å². The number of thiophene rings is 1. The Kier molecular flexibility index (Phi) is 5.47. The molecule has 0 amide bonds. The smallest absolute Gasteiger partial charge is 0.132 e. The van der Waals surface area contributed by atoms with Gasteiger partial charge in [-0.3, -0.25) is 0 Å². The summed E-state index contributed by atoms with van der Waals surface area (Å²) in [5.41, 5.74) is 1.89. The Bertz CT molecular complexity index is 541. The number of aliphatic hydroxyl groups excluding tert-OH is 1. The third-order valence-electron chi connectivity index (χ3n) is 3.37. The second kappa shape index (κ2) is 7.33. The van der Waals surface area contributed by atoms with E-state index in [1.54, 1.807) is 44.8 Å². The molecule has 0 saturated carbocycles. The highest BCUT2D eigenvalue weighted by Gasteiger charge is 2.20. The fourth-order valence-electron chi connectivity index (χ4n) is 2.24. The van der Waals surface area contributed by atoms with Crippen LogP contribution in [0.25, 0.3) is 0 Å². The maximum atomic E-state index is 10.5. The topological polar surface area (TPSA) is 47.9 Å². The van der Waals surface area contributed by atoms with E-state index in [1.807, 2.05) is 5.38 Å². The van der Waals surface area contributed by atoms with Gasteiger partial charge in [-0.25, -0.2) is 0 Å². The van der Waals surface area contributed by atoms with Crippen LogP contribution in [0.5, 0.6) is 17.2 Å². The van der Waals surface area contributed by atoms with Gasteiger partial charge in [-0.2, -0.15) is 11.3 Å². The lowest BCUT2D eigenvalue weighted by Gasteiger charge is -2.19. The molecule has 0 fully saturated rings. The third-order valence-corrected chi connectivity index (χ3v) is 4.10. The molecule has 1 aromatic carbocycles. The first kappa shape index (κ1) is 15.7. The molecule has 5 heteroatoms. The van der Waals surface area contributed by atoms with Gasteiger partial charge in [0.2, 0.25) is 0 Å². The summed E-state index contributed by atoms with van der Waals surface area (Å²) in [6.45, 7) is 0. The van der Waals surface area contributed by atoms with Crippen LogP contribution in [0.3, 0.4) is 0 Å². The Morgan fingerprint density at radius 1 is 1.10 bits per heavy atom. The molecular formula is C16H20O4S. The normalized spacial score (nSPS) is 12.0. The summed E-state index contributed by atoms with van der Waals surface area (Å²) in [4.78, 5) is 0. The fourth-order valence-corrected chi connectivity index (χ4v) is 2.95. The molecule has 1 unspecified atom stereocenters. The summed E-state index contributed by atoms with van der Waals surface area (Å²) in [5.74, 6) is 1.78. The number of benzene rings is 1. The number of rotatable bonds is 7. The van der Waals surface area contributed by atoms with Crippen molar-refractivity contribution in [2.75, 3.05) is 21.3 Å². The Balaban J connectivity index is 2.23. The van der Waals surface area contributed by atoms with Gasteiger partial charge in [0.05, 0.1) is 33.0 Å². The van der Waals surface area contributed by atoms with Gasteiger partial charge in [0.15, 0.2) is 0 Å². The highest BCUT2D eigenvalue weighted by molar-refractivity contribution is 7.07. The maximum Gasteiger partial charge on any atom is 0.132 e. The van der Waals surface area contributed by atoms with Gasteiger partial charge in [0, 0.05) is 12.1 Å². The van der Waals surface area contributed by atoms with Crippen LogP contribution in [0.1, 0.15) is 23.7 Å². The monoisotopic (exact) mass is 308 g/mol. The minimum absolute atomic E-state index is 0.573. The van der Waals surface area contributed by atoms with Crippen molar-refractivity contribution in [2.24, 2.45) is 0 Å². The van der Waals surface area contributed by atoms with E-state index in [4.69, 9.17) is 14.2 Å². The quantitative estimate of drug-likeness (QED) is 0.851. The van der Waals surface area contributed by atoms with Gasteiger partial charge in [0.25, 0.3) is 0 Å². The van der Waals surface area contributed by atoms with Crippen molar-refractivity contribution in [1.82, 2.24) is 0 Å². The van der Waals surface area contributed by atoms with Crippen LogP contribution in [-0.4, -0.2) is 26.4 Å². The Hall–Kier alpha value is -1.72. The average molecular weight is 308 g/mol. The largest absolute Gasteiger partial charge is 0.496 e. The van der Waals surface area contributed by atoms with E-state index in [0.29, 0.717) is 29.2 Å². The lowest BCUT2D eigenvalue weighted by atomic mass is 10.0. The summed E-state index contributed by atoms with van der Waals surface area (Å²) >= 11 is 1.66. The van der Waals surface area contributed by atoms with E-state index in [0.717, 1.165) is 6.42 Å². The molecule has 2 rings (SSSR count). The second-order valence-electron chi connectivity index (χ2n) is 4.63. The van der Waals surface area contributed by atoms with E-state index in [-0.39, 0.29) is 0 Å². The highest BCUT2D eigenvalue weighted by Crippen LogP contribution is 2.39. The van der Waals surface area contributed by atoms with Crippen molar-refractivity contribution >= 4 is 11.3 Å². The predicted octanol–water partition coefficient (Wildman–Crippen LogP) is 3.44. The SMILES string of the molecule is COc1cc(OC)c(C(O)CCc2ccsc2)c(OC)c1. The van der Waals surface area contributed by atoms with Crippen LogP contribution in [-0.2, 0) is 6.42 Å².